The van der Waals surface area contributed by atoms with Crippen molar-refractivity contribution in [3.05, 3.63) is 66.4 Å². The number of amides is 1. The van der Waals surface area contributed by atoms with Crippen LogP contribution in [0.5, 0.6) is 11.5 Å². The molecule has 26 heavy (non-hydrogen) atoms. The van der Waals surface area contributed by atoms with Gasteiger partial charge in [-0.05, 0) is 24.3 Å². The van der Waals surface area contributed by atoms with Gasteiger partial charge >= 0.3 is 0 Å². The van der Waals surface area contributed by atoms with Crippen molar-refractivity contribution in [3.63, 3.8) is 0 Å². The second kappa shape index (κ2) is 7.35. The first-order chi connectivity index (χ1) is 12.8. The molecule has 2 heterocycles. The summed E-state index contributed by atoms with van der Waals surface area (Å²) in [6, 6.07) is 19.2. The summed E-state index contributed by atoms with van der Waals surface area (Å²) in [5.74, 6) is 2.90. The molecule has 1 aromatic heterocycles. The quantitative estimate of drug-likeness (QED) is 0.746. The van der Waals surface area contributed by atoms with E-state index in [1.54, 1.807) is 6.07 Å². The molecule has 4 rings (SSSR count). The highest BCUT2D eigenvalue weighted by atomic mass is 16.6. The van der Waals surface area contributed by atoms with Gasteiger partial charge in [0.15, 0.2) is 11.5 Å². The van der Waals surface area contributed by atoms with E-state index in [1.807, 2.05) is 54.6 Å². The Bertz CT molecular complexity index is 901. The van der Waals surface area contributed by atoms with Crippen LogP contribution in [0.1, 0.15) is 12.2 Å². The number of hydrogen-bond donors (Lipinski definition) is 1. The second-order valence-electron chi connectivity index (χ2n) is 6.04. The summed E-state index contributed by atoms with van der Waals surface area (Å²) in [6.45, 7) is 1.07. The molecule has 0 saturated heterocycles. The normalized spacial score (nSPS) is 12.6. The predicted molar refractivity (Wildman–Crippen MR) is 98.5 cm³/mol. The van der Waals surface area contributed by atoms with Gasteiger partial charge in [-0.15, -0.1) is 0 Å². The average molecular weight is 349 g/mol. The van der Waals surface area contributed by atoms with Crippen LogP contribution in [0, 0.1) is 0 Å². The number of carbonyl (C=O) groups is 1. The van der Waals surface area contributed by atoms with E-state index < -0.39 is 0 Å². The van der Waals surface area contributed by atoms with E-state index in [-0.39, 0.29) is 5.91 Å². The van der Waals surface area contributed by atoms with E-state index in [9.17, 15) is 4.79 Å². The van der Waals surface area contributed by atoms with Crippen LogP contribution in [0.25, 0.3) is 11.3 Å². The molecule has 5 nitrogen and oxygen atoms in total. The molecule has 0 atom stereocenters. The Morgan fingerprint density at radius 2 is 1.73 bits per heavy atom. The maximum Gasteiger partial charge on any atom is 0.224 e. The first-order valence-corrected chi connectivity index (χ1v) is 8.61. The molecule has 0 bridgehead atoms. The van der Waals surface area contributed by atoms with Crippen molar-refractivity contribution in [1.29, 1.82) is 0 Å². The summed E-state index contributed by atoms with van der Waals surface area (Å²) in [5, 5.41) is 2.88. The molecule has 1 N–H and O–H groups in total. The molecular formula is C21H19NO4. The van der Waals surface area contributed by atoms with Crippen molar-refractivity contribution < 1.29 is 18.7 Å². The topological polar surface area (TPSA) is 60.7 Å². The van der Waals surface area contributed by atoms with Gasteiger partial charge < -0.3 is 19.2 Å². The Morgan fingerprint density at radius 1 is 0.923 bits per heavy atom. The fourth-order valence-electron chi connectivity index (χ4n) is 2.85. The van der Waals surface area contributed by atoms with Gasteiger partial charge in [0.2, 0.25) is 5.91 Å². The van der Waals surface area contributed by atoms with Crippen molar-refractivity contribution >= 4 is 11.6 Å². The number of rotatable bonds is 5. The molecule has 0 radical (unpaired) electrons. The highest BCUT2D eigenvalue weighted by Gasteiger charge is 2.13. The van der Waals surface area contributed by atoms with Crippen LogP contribution in [0.15, 0.2) is 65.1 Å². The van der Waals surface area contributed by atoms with Gasteiger partial charge in [0.1, 0.15) is 24.7 Å². The number of fused-ring (bicyclic) bond motifs is 1. The summed E-state index contributed by atoms with van der Waals surface area (Å²) in [7, 11) is 0. The van der Waals surface area contributed by atoms with Crippen LogP contribution in [-0.2, 0) is 11.2 Å². The largest absolute Gasteiger partial charge is 0.486 e. The molecule has 1 aliphatic rings. The fraction of sp³-hybridized carbons (Fsp3) is 0.190. The van der Waals surface area contributed by atoms with Gasteiger partial charge in [-0.25, -0.2) is 0 Å². The number of nitrogens with one attached hydrogen (secondary N) is 1. The first kappa shape index (κ1) is 16.3. The maximum absolute atomic E-state index is 12.2. The molecule has 0 aliphatic carbocycles. The highest BCUT2D eigenvalue weighted by Crippen LogP contribution is 2.32. The van der Waals surface area contributed by atoms with E-state index >= 15 is 0 Å². The summed E-state index contributed by atoms with van der Waals surface area (Å²) in [6.07, 6.45) is 0.888. The number of ether oxygens (including phenoxy) is 2. The van der Waals surface area contributed by atoms with E-state index in [1.165, 1.54) is 0 Å². The van der Waals surface area contributed by atoms with E-state index in [0.29, 0.717) is 43.2 Å². The fourth-order valence-corrected chi connectivity index (χ4v) is 2.85. The molecule has 0 spiro atoms. The van der Waals surface area contributed by atoms with Crippen LogP contribution >= 0.6 is 0 Å². The number of aryl methyl sites for hydroxylation is 1. The monoisotopic (exact) mass is 349 g/mol. The first-order valence-electron chi connectivity index (χ1n) is 8.61. The molecule has 1 aliphatic heterocycles. The molecule has 0 fully saturated rings. The zero-order valence-electron chi connectivity index (χ0n) is 14.2. The minimum atomic E-state index is -0.0701. The summed E-state index contributed by atoms with van der Waals surface area (Å²) in [4.78, 5) is 12.2. The lowest BCUT2D eigenvalue weighted by Gasteiger charge is -2.19. The molecule has 0 saturated carbocycles. The Morgan fingerprint density at radius 3 is 2.58 bits per heavy atom. The van der Waals surface area contributed by atoms with Crippen molar-refractivity contribution in [2.75, 3.05) is 18.5 Å². The smallest absolute Gasteiger partial charge is 0.224 e. The number of carbonyl (C=O) groups excluding carboxylic acids is 1. The minimum absolute atomic E-state index is 0.0701. The maximum atomic E-state index is 12.2. The number of anilines is 1. The molecule has 1 amide bonds. The zero-order chi connectivity index (χ0) is 17.8. The standard InChI is InChI=1S/C21H19NO4/c23-21(22-16-6-9-19-20(14-16)25-13-12-24-19)11-8-17-7-10-18(26-17)15-4-2-1-3-5-15/h1-7,9-10,14H,8,11-13H2,(H,22,23). The number of furan rings is 1. The van der Waals surface area contributed by atoms with Crippen LogP contribution in [0.3, 0.4) is 0 Å². The summed E-state index contributed by atoms with van der Waals surface area (Å²) < 4.78 is 16.8. The second-order valence-corrected chi connectivity index (χ2v) is 6.04. The summed E-state index contributed by atoms with van der Waals surface area (Å²) in [5.41, 5.74) is 1.73. The van der Waals surface area contributed by atoms with Crippen LogP contribution in [0.2, 0.25) is 0 Å². The van der Waals surface area contributed by atoms with Crippen LogP contribution < -0.4 is 14.8 Å². The molecule has 132 valence electrons. The third-order valence-corrected chi connectivity index (χ3v) is 4.14. The molecular weight excluding hydrogens is 330 g/mol. The average Bonchev–Trinajstić information content (AvgIpc) is 3.16. The van der Waals surface area contributed by atoms with Gasteiger partial charge in [-0.3, -0.25) is 4.79 Å². The van der Waals surface area contributed by atoms with Crippen LogP contribution in [0.4, 0.5) is 5.69 Å². The Hall–Kier alpha value is -3.21. The highest BCUT2D eigenvalue weighted by molar-refractivity contribution is 5.91. The third kappa shape index (κ3) is 3.72. The van der Waals surface area contributed by atoms with Crippen LogP contribution in [-0.4, -0.2) is 19.1 Å². The minimum Gasteiger partial charge on any atom is -0.486 e. The molecule has 2 aromatic carbocycles. The van der Waals surface area contributed by atoms with Gasteiger partial charge in [0.05, 0.1) is 0 Å². The third-order valence-electron chi connectivity index (χ3n) is 4.14. The van der Waals surface area contributed by atoms with Crippen molar-refractivity contribution in [2.45, 2.75) is 12.8 Å². The molecule has 5 heteroatoms. The van der Waals surface area contributed by atoms with E-state index in [2.05, 4.69) is 5.32 Å². The van der Waals surface area contributed by atoms with Gasteiger partial charge in [0, 0.05) is 30.2 Å². The van der Waals surface area contributed by atoms with Crippen molar-refractivity contribution in [1.82, 2.24) is 0 Å². The zero-order valence-corrected chi connectivity index (χ0v) is 14.2. The Kier molecular flexibility index (Phi) is 4.60. The molecule has 0 unspecified atom stereocenters. The lowest BCUT2D eigenvalue weighted by molar-refractivity contribution is -0.116. The lowest BCUT2D eigenvalue weighted by Crippen LogP contribution is -2.16. The van der Waals surface area contributed by atoms with Gasteiger partial charge in [0.25, 0.3) is 0 Å². The van der Waals surface area contributed by atoms with Crippen molar-refractivity contribution in [2.24, 2.45) is 0 Å². The molecule has 3 aromatic rings. The lowest BCUT2D eigenvalue weighted by atomic mass is 10.2. The van der Waals surface area contributed by atoms with Gasteiger partial charge in [-0.2, -0.15) is 0 Å². The number of benzene rings is 2. The predicted octanol–water partition coefficient (Wildman–Crippen LogP) is 4.29. The Labute approximate surface area is 151 Å². The summed E-state index contributed by atoms with van der Waals surface area (Å²) >= 11 is 0. The SMILES string of the molecule is O=C(CCc1ccc(-c2ccccc2)o1)Nc1ccc2c(c1)OCCO2. The van der Waals surface area contributed by atoms with E-state index in [0.717, 1.165) is 17.1 Å². The van der Waals surface area contributed by atoms with Gasteiger partial charge in [-0.1, -0.05) is 30.3 Å². The van der Waals surface area contributed by atoms with E-state index in [4.69, 9.17) is 13.9 Å². The Balaban J connectivity index is 1.34. The number of hydrogen-bond acceptors (Lipinski definition) is 4. The van der Waals surface area contributed by atoms with Crippen molar-refractivity contribution in [3.8, 4) is 22.8 Å².